The fourth-order valence-electron chi connectivity index (χ4n) is 4.56. The average Bonchev–Trinajstić information content (AvgIpc) is 2.96. The van der Waals surface area contributed by atoms with Crippen molar-refractivity contribution in [3.63, 3.8) is 0 Å². The summed E-state index contributed by atoms with van der Waals surface area (Å²) in [6.45, 7) is 1.46. The summed E-state index contributed by atoms with van der Waals surface area (Å²) in [7, 11) is 1.55. The first-order valence-corrected chi connectivity index (χ1v) is 13.3. The summed E-state index contributed by atoms with van der Waals surface area (Å²) in [4.78, 5) is 44.3. The van der Waals surface area contributed by atoms with Crippen molar-refractivity contribution in [2.24, 2.45) is 0 Å². The molecule has 1 aliphatic heterocycles. The summed E-state index contributed by atoms with van der Waals surface area (Å²) in [6.07, 6.45) is 3.10. The molecule has 0 radical (unpaired) electrons. The van der Waals surface area contributed by atoms with Gasteiger partial charge in [-0.05, 0) is 55.2 Å². The molecule has 4 aromatic rings. The first kappa shape index (κ1) is 25.5. The van der Waals surface area contributed by atoms with Crippen LogP contribution < -0.4 is 10.3 Å². The average molecular weight is 531 g/mol. The highest BCUT2D eigenvalue weighted by molar-refractivity contribution is 7.98. The van der Waals surface area contributed by atoms with E-state index < -0.39 is 4.92 Å². The number of carbonyl (C=O) groups excluding carboxylic acids is 1. The normalized spacial score (nSPS) is 13.4. The molecule has 0 unspecified atom stereocenters. The Labute approximate surface area is 223 Å². The Morgan fingerprint density at radius 2 is 1.84 bits per heavy atom. The fraction of sp³-hybridized carbons (Fsp3) is 0.250. The van der Waals surface area contributed by atoms with E-state index in [0.717, 1.165) is 37.9 Å². The van der Waals surface area contributed by atoms with Crippen molar-refractivity contribution in [1.29, 1.82) is 0 Å². The number of amides is 1. The Morgan fingerprint density at radius 3 is 2.61 bits per heavy atom. The summed E-state index contributed by atoms with van der Waals surface area (Å²) in [5.41, 5.74) is 1.96. The molecule has 2 heterocycles. The van der Waals surface area contributed by atoms with Crippen LogP contribution in [0.25, 0.3) is 16.6 Å². The molecule has 10 heteroatoms. The lowest BCUT2D eigenvalue weighted by molar-refractivity contribution is -0.384. The molecule has 1 aliphatic rings. The lowest BCUT2D eigenvalue weighted by Crippen LogP contribution is -2.35. The zero-order valence-electron chi connectivity index (χ0n) is 20.8. The second-order valence-corrected chi connectivity index (χ2v) is 9.98. The number of carbonyl (C=O) groups is 1. The van der Waals surface area contributed by atoms with E-state index in [4.69, 9.17) is 9.72 Å². The zero-order chi connectivity index (χ0) is 26.6. The predicted molar refractivity (Wildman–Crippen MR) is 146 cm³/mol. The molecule has 0 aliphatic carbocycles. The van der Waals surface area contributed by atoms with E-state index in [0.29, 0.717) is 38.8 Å². The van der Waals surface area contributed by atoms with Crippen LogP contribution in [0.1, 0.15) is 35.2 Å². The van der Waals surface area contributed by atoms with Gasteiger partial charge < -0.3 is 9.64 Å². The minimum atomic E-state index is -0.435. The Bertz CT molecular complexity index is 1580. The number of non-ortho nitro benzene ring substituents is 1. The molecule has 5 rings (SSSR count). The van der Waals surface area contributed by atoms with Crippen molar-refractivity contribution in [3.8, 4) is 11.4 Å². The molecule has 1 saturated heterocycles. The second-order valence-electron chi connectivity index (χ2n) is 9.04. The molecule has 3 aromatic carbocycles. The maximum Gasteiger partial charge on any atom is 0.269 e. The van der Waals surface area contributed by atoms with Crippen LogP contribution in [0.5, 0.6) is 5.75 Å². The van der Waals surface area contributed by atoms with E-state index in [1.165, 1.54) is 28.5 Å². The maximum absolute atomic E-state index is 13.8. The third-order valence-corrected chi connectivity index (χ3v) is 7.54. The van der Waals surface area contributed by atoms with E-state index in [2.05, 4.69) is 0 Å². The highest BCUT2D eigenvalue weighted by atomic mass is 32.2. The minimum Gasteiger partial charge on any atom is -0.497 e. The van der Waals surface area contributed by atoms with Crippen LogP contribution in [0.4, 0.5) is 5.69 Å². The second kappa shape index (κ2) is 11.1. The van der Waals surface area contributed by atoms with Crippen LogP contribution >= 0.6 is 11.8 Å². The van der Waals surface area contributed by atoms with Gasteiger partial charge in [0.25, 0.3) is 17.2 Å². The standard InChI is InChI=1S/C28H26N4O5S/c1-37-23-10-6-8-21(17-23)31-27(34)24-12-11-20(26(33)30-13-3-2-4-14-30)16-25(24)29-28(31)38-18-19-7-5-9-22(15-19)32(35)36/h5-12,15-17H,2-4,13-14,18H2,1H3. The molecule has 0 atom stereocenters. The van der Waals surface area contributed by atoms with Gasteiger partial charge in [0.05, 0.1) is 28.6 Å². The van der Waals surface area contributed by atoms with Crippen molar-refractivity contribution in [2.45, 2.75) is 30.2 Å². The monoisotopic (exact) mass is 530 g/mol. The number of nitro groups is 1. The van der Waals surface area contributed by atoms with Gasteiger partial charge in [0, 0.05) is 42.6 Å². The molecule has 0 saturated carbocycles. The molecule has 0 spiro atoms. The van der Waals surface area contributed by atoms with Crippen molar-refractivity contribution in [2.75, 3.05) is 20.2 Å². The Morgan fingerprint density at radius 1 is 1.05 bits per heavy atom. The number of piperidine rings is 1. The molecule has 0 bridgehead atoms. The van der Waals surface area contributed by atoms with E-state index in [-0.39, 0.29) is 17.2 Å². The number of nitro benzene ring substituents is 1. The van der Waals surface area contributed by atoms with Crippen LogP contribution in [0.15, 0.2) is 76.7 Å². The first-order chi connectivity index (χ1) is 18.4. The minimum absolute atomic E-state index is 0.000578. The zero-order valence-corrected chi connectivity index (χ0v) is 21.6. The largest absolute Gasteiger partial charge is 0.497 e. The van der Waals surface area contributed by atoms with Crippen LogP contribution in [0, 0.1) is 10.1 Å². The molecular formula is C28H26N4O5S. The maximum atomic E-state index is 13.8. The Hall–Kier alpha value is -4.18. The molecule has 1 amide bonds. The lowest BCUT2D eigenvalue weighted by atomic mass is 10.1. The van der Waals surface area contributed by atoms with Crippen molar-refractivity contribution in [3.05, 3.63) is 98.3 Å². The first-order valence-electron chi connectivity index (χ1n) is 12.3. The van der Waals surface area contributed by atoms with Crippen LogP contribution in [-0.4, -0.2) is 45.5 Å². The number of hydrogen-bond donors (Lipinski definition) is 0. The number of rotatable bonds is 7. The van der Waals surface area contributed by atoms with Gasteiger partial charge in [-0.3, -0.25) is 24.3 Å². The van der Waals surface area contributed by atoms with Crippen LogP contribution in [-0.2, 0) is 5.75 Å². The third kappa shape index (κ3) is 5.26. The SMILES string of the molecule is COc1cccc(-n2c(SCc3cccc([N+](=O)[O-])c3)nc3cc(C(=O)N4CCCCC4)ccc3c2=O)c1. The number of hydrogen-bond acceptors (Lipinski definition) is 7. The van der Waals surface area contributed by atoms with Gasteiger partial charge in [-0.25, -0.2) is 4.98 Å². The summed E-state index contributed by atoms with van der Waals surface area (Å²) < 4.78 is 6.87. The van der Waals surface area contributed by atoms with Gasteiger partial charge in [0.2, 0.25) is 0 Å². The van der Waals surface area contributed by atoms with Gasteiger partial charge in [-0.1, -0.05) is 30.0 Å². The Kier molecular flexibility index (Phi) is 7.41. The van der Waals surface area contributed by atoms with Crippen LogP contribution in [0.2, 0.25) is 0 Å². The topological polar surface area (TPSA) is 108 Å². The summed E-state index contributed by atoms with van der Waals surface area (Å²) in [6, 6.07) is 18.5. The number of likely N-dealkylation sites (tertiary alicyclic amines) is 1. The molecule has 1 fully saturated rings. The molecule has 0 N–H and O–H groups in total. The van der Waals surface area contributed by atoms with Gasteiger partial charge in [0.1, 0.15) is 5.75 Å². The van der Waals surface area contributed by atoms with Crippen molar-refractivity contribution < 1.29 is 14.5 Å². The third-order valence-electron chi connectivity index (χ3n) is 6.53. The number of nitrogens with zero attached hydrogens (tertiary/aromatic N) is 4. The summed E-state index contributed by atoms with van der Waals surface area (Å²) >= 11 is 1.29. The highest BCUT2D eigenvalue weighted by Crippen LogP contribution is 2.28. The van der Waals surface area contributed by atoms with Gasteiger partial charge in [0.15, 0.2) is 5.16 Å². The molecule has 194 valence electrons. The highest BCUT2D eigenvalue weighted by Gasteiger charge is 2.20. The fourth-order valence-corrected chi connectivity index (χ4v) is 5.52. The number of methoxy groups -OCH3 is 1. The number of fused-ring (bicyclic) bond motifs is 1. The van der Waals surface area contributed by atoms with Gasteiger partial charge >= 0.3 is 0 Å². The molecule has 38 heavy (non-hydrogen) atoms. The van der Waals surface area contributed by atoms with E-state index in [1.54, 1.807) is 61.7 Å². The number of aromatic nitrogens is 2. The summed E-state index contributed by atoms with van der Waals surface area (Å²) in [5.74, 6) is 0.887. The Balaban J connectivity index is 1.58. The van der Waals surface area contributed by atoms with Gasteiger partial charge in [-0.2, -0.15) is 0 Å². The van der Waals surface area contributed by atoms with Gasteiger partial charge in [-0.15, -0.1) is 0 Å². The number of ether oxygens (including phenoxy) is 1. The van der Waals surface area contributed by atoms with E-state index in [9.17, 15) is 19.7 Å². The quantitative estimate of drug-likeness (QED) is 0.139. The molecule has 9 nitrogen and oxygen atoms in total. The van der Waals surface area contributed by atoms with E-state index >= 15 is 0 Å². The number of benzene rings is 3. The van der Waals surface area contributed by atoms with E-state index in [1.807, 2.05) is 4.90 Å². The molecule has 1 aromatic heterocycles. The lowest BCUT2D eigenvalue weighted by Gasteiger charge is -2.26. The molecular weight excluding hydrogens is 504 g/mol. The predicted octanol–water partition coefficient (Wildman–Crippen LogP) is 5.22. The number of thioether (sulfide) groups is 1. The summed E-state index contributed by atoms with van der Waals surface area (Å²) in [5, 5.41) is 12.0. The van der Waals surface area contributed by atoms with Crippen molar-refractivity contribution in [1.82, 2.24) is 14.5 Å². The van der Waals surface area contributed by atoms with Crippen molar-refractivity contribution >= 4 is 34.3 Å². The van der Waals surface area contributed by atoms with Crippen LogP contribution in [0.3, 0.4) is 0 Å². The smallest absolute Gasteiger partial charge is 0.269 e.